The quantitative estimate of drug-likeness (QED) is 0.867. The van der Waals surface area contributed by atoms with Gasteiger partial charge in [-0.15, -0.1) is 0 Å². The van der Waals surface area contributed by atoms with E-state index in [0.717, 1.165) is 19.6 Å². The number of fused-ring (bicyclic) bond motifs is 1. The molecule has 1 saturated heterocycles. The van der Waals surface area contributed by atoms with Crippen LogP contribution >= 0.6 is 0 Å². The van der Waals surface area contributed by atoms with Crippen LogP contribution in [0.25, 0.3) is 0 Å². The minimum atomic E-state index is 0.332. The van der Waals surface area contributed by atoms with E-state index in [1.165, 1.54) is 30.5 Å². The van der Waals surface area contributed by atoms with Gasteiger partial charge in [-0.3, -0.25) is 4.79 Å². The van der Waals surface area contributed by atoms with Crippen molar-refractivity contribution < 1.29 is 4.79 Å². The fraction of sp³-hybridized carbons (Fsp3) is 0.533. The average molecular weight is 244 g/mol. The molecular weight excluding hydrogens is 224 g/mol. The minimum absolute atomic E-state index is 0.332. The first-order valence-electron chi connectivity index (χ1n) is 6.95. The standard InChI is InChI=1S/C15H20N2O/c18-15(17-8-4-1-5-9-17)10-12-11-16-14-7-3-2-6-13(12)14/h2-3,6-7,12,16H,1,4-5,8-11H2. The fourth-order valence-corrected chi connectivity index (χ4v) is 3.02. The lowest BCUT2D eigenvalue weighted by molar-refractivity contribution is -0.132. The molecule has 0 bridgehead atoms. The molecule has 1 aromatic rings. The highest BCUT2D eigenvalue weighted by molar-refractivity contribution is 5.78. The number of nitrogens with zero attached hydrogens (tertiary/aromatic N) is 1. The first kappa shape index (κ1) is 11.6. The number of hydrogen-bond acceptors (Lipinski definition) is 2. The summed E-state index contributed by atoms with van der Waals surface area (Å²) in [5, 5.41) is 3.39. The molecule has 1 amide bonds. The Morgan fingerprint density at radius 1 is 1.22 bits per heavy atom. The van der Waals surface area contributed by atoms with Crippen LogP contribution in [0.1, 0.15) is 37.2 Å². The molecule has 1 unspecified atom stereocenters. The fourth-order valence-electron chi connectivity index (χ4n) is 3.02. The summed E-state index contributed by atoms with van der Waals surface area (Å²) < 4.78 is 0. The molecule has 0 radical (unpaired) electrons. The molecular formula is C15H20N2O. The van der Waals surface area contributed by atoms with Crippen molar-refractivity contribution in [2.24, 2.45) is 0 Å². The normalized spacial score (nSPS) is 22.4. The Morgan fingerprint density at radius 3 is 2.83 bits per heavy atom. The van der Waals surface area contributed by atoms with Crippen molar-refractivity contribution in [3.8, 4) is 0 Å². The van der Waals surface area contributed by atoms with Crippen LogP contribution in [-0.4, -0.2) is 30.4 Å². The van der Waals surface area contributed by atoms with Gasteiger partial charge in [0.2, 0.25) is 5.91 Å². The topological polar surface area (TPSA) is 32.3 Å². The zero-order valence-corrected chi connectivity index (χ0v) is 10.7. The molecule has 2 aliphatic heterocycles. The molecule has 18 heavy (non-hydrogen) atoms. The highest BCUT2D eigenvalue weighted by Crippen LogP contribution is 2.33. The van der Waals surface area contributed by atoms with Gasteiger partial charge in [0, 0.05) is 37.7 Å². The van der Waals surface area contributed by atoms with Gasteiger partial charge in [-0.05, 0) is 30.9 Å². The monoisotopic (exact) mass is 244 g/mol. The van der Waals surface area contributed by atoms with E-state index < -0.39 is 0 Å². The van der Waals surface area contributed by atoms with E-state index in [1.54, 1.807) is 0 Å². The summed E-state index contributed by atoms with van der Waals surface area (Å²) in [6, 6.07) is 8.34. The molecule has 3 nitrogen and oxygen atoms in total. The second-order valence-corrected chi connectivity index (χ2v) is 5.31. The highest BCUT2D eigenvalue weighted by Gasteiger charge is 2.26. The molecule has 0 spiro atoms. The lowest BCUT2D eigenvalue weighted by atomic mass is 9.97. The number of carbonyl (C=O) groups excluding carboxylic acids is 1. The van der Waals surface area contributed by atoms with Crippen molar-refractivity contribution in [3.05, 3.63) is 29.8 Å². The van der Waals surface area contributed by atoms with Gasteiger partial charge in [0.15, 0.2) is 0 Å². The van der Waals surface area contributed by atoms with Gasteiger partial charge in [-0.2, -0.15) is 0 Å². The van der Waals surface area contributed by atoms with Crippen molar-refractivity contribution in [3.63, 3.8) is 0 Å². The van der Waals surface area contributed by atoms with Crippen molar-refractivity contribution in [1.29, 1.82) is 0 Å². The Labute approximate surface area is 108 Å². The van der Waals surface area contributed by atoms with E-state index in [4.69, 9.17) is 0 Å². The number of likely N-dealkylation sites (tertiary alicyclic amines) is 1. The molecule has 1 aromatic carbocycles. The largest absolute Gasteiger partial charge is 0.384 e. The zero-order chi connectivity index (χ0) is 12.4. The summed E-state index contributed by atoms with van der Waals surface area (Å²) in [5.41, 5.74) is 2.51. The molecule has 96 valence electrons. The van der Waals surface area contributed by atoms with Gasteiger partial charge in [-0.25, -0.2) is 0 Å². The van der Waals surface area contributed by atoms with Crippen LogP contribution in [0.15, 0.2) is 24.3 Å². The van der Waals surface area contributed by atoms with Gasteiger partial charge in [0.05, 0.1) is 0 Å². The summed E-state index contributed by atoms with van der Waals surface area (Å²) in [5.74, 6) is 0.689. The van der Waals surface area contributed by atoms with Gasteiger partial charge >= 0.3 is 0 Å². The predicted octanol–water partition coefficient (Wildman–Crippen LogP) is 2.60. The molecule has 1 atom stereocenters. The number of nitrogens with one attached hydrogen (secondary N) is 1. The smallest absolute Gasteiger partial charge is 0.223 e. The lowest BCUT2D eigenvalue weighted by Crippen LogP contribution is -2.36. The molecule has 3 heteroatoms. The van der Waals surface area contributed by atoms with E-state index in [9.17, 15) is 4.79 Å². The van der Waals surface area contributed by atoms with Crippen LogP contribution in [0.3, 0.4) is 0 Å². The van der Waals surface area contributed by atoms with Crippen LogP contribution in [0.5, 0.6) is 0 Å². The zero-order valence-electron chi connectivity index (χ0n) is 10.7. The summed E-state index contributed by atoms with van der Waals surface area (Å²) in [6.45, 7) is 2.82. The maximum Gasteiger partial charge on any atom is 0.223 e. The van der Waals surface area contributed by atoms with E-state index in [2.05, 4.69) is 23.5 Å². The van der Waals surface area contributed by atoms with Gasteiger partial charge in [0.25, 0.3) is 0 Å². The summed E-state index contributed by atoms with van der Waals surface area (Å²) in [6.07, 6.45) is 4.28. The Morgan fingerprint density at radius 2 is 2.00 bits per heavy atom. The maximum atomic E-state index is 12.3. The van der Waals surface area contributed by atoms with E-state index in [-0.39, 0.29) is 0 Å². The number of anilines is 1. The number of rotatable bonds is 2. The lowest BCUT2D eigenvalue weighted by Gasteiger charge is -2.27. The number of carbonyl (C=O) groups is 1. The van der Waals surface area contributed by atoms with Crippen molar-refractivity contribution in [2.45, 2.75) is 31.6 Å². The molecule has 2 heterocycles. The Balaban J connectivity index is 1.65. The van der Waals surface area contributed by atoms with Crippen LogP contribution in [-0.2, 0) is 4.79 Å². The van der Waals surface area contributed by atoms with E-state index in [0.29, 0.717) is 18.2 Å². The van der Waals surface area contributed by atoms with Gasteiger partial charge in [0.1, 0.15) is 0 Å². The van der Waals surface area contributed by atoms with Crippen LogP contribution in [0.2, 0.25) is 0 Å². The molecule has 0 saturated carbocycles. The summed E-state index contributed by atoms with van der Waals surface area (Å²) >= 11 is 0. The second kappa shape index (κ2) is 5.01. The first-order chi connectivity index (χ1) is 8.84. The highest BCUT2D eigenvalue weighted by atomic mass is 16.2. The Hall–Kier alpha value is -1.51. The van der Waals surface area contributed by atoms with E-state index >= 15 is 0 Å². The first-order valence-corrected chi connectivity index (χ1v) is 6.95. The molecule has 1 fully saturated rings. The van der Waals surface area contributed by atoms with E-state index in [1.807, 2.05) is 11.0 Å². The number of para-hydroxylation sites is 1. The van der Waals surface area contributed by atoms with Crippen molar-refractivity contribution in [1.82, 2.24) is 4.90 Å². The Kier molecular flexibility index (Phi) is 3.22. The summed E-state index contributed by atoms with van der Waals surface area (Å²) in [7, 11) is 0. The minimum Gasteiger partial charge on any atom is -0.384 e. The van der Waals surface area contributed by atoms with Crippen molar-refractivity contribution in [2.75, 3.05) is 25.0 Å². The second-order valence-electron chi connectivity index (χ2n) is 5.31. The molecule has 3 rings (SSSR count). The molecule has 1 N–H and O–H groups in total. The number of piperidine rings is 1. The summed E-state index contributed by atoms with van der Waals surface area (Å²) in [4.78, 5) is 14.3. The third kappa shape index (κ3) is 2.22. The Bertz CT molecular complexity index is 438. The number of benzene rings is 1. The maximum absolute atomic E-state index is 12.3. The molecule has 2 aliphatic rings. The van der Waals surface area contributed by atoms with Gasteiger partial charge in [-0.1, -0.05) is 18.2 Å². The van der Waals surface area contributed by atoms with Crippen molar-refractivity contribution >= 4 is 11.6 Å². The van der Waals surface area contributed by atoms with Crippen LogP contribution in [0, 0.1) is 0 Å². The third-order valence-electron chi connectivity index (χ3n) is 4.07. The number of hydrogen-bond donors (Lipinski definition) is 1. The number of amides is 1. The molecule has 0 aliphatic carbocycles. The SMILES string of the molecule is O=C(CC1CNc2ccccc21)N1CCCCC1. The molecule has 0 aromatic heterocycles. The van der Waals surface area contributed by atoms with Crippen LogP contribution < -0.4 is 5.32 Å². The average Bonchev–Trinajstić information content (AvgIpc) is 2.83. The predicted molar refractivity (Wildman–Crippen MR) is 72.7 cm³/mol. The third-order valence-corrected chi connectivity index (χ3v) is 4.07. The van der Waals surface area contributed by atoms with Crippen LogP contribution in [0.4, 0.5) is 5.69 Å². The van der Waals surface area contributed by atoms with Gasteiger partial charge < -0.3 is 10.2 Å².